The van der Waals surface area contributed by atoms with Crippen molar-refractivity contribution in [2.75, 3.05) is 13.1 Å². The quantitative estimate of drug-likeness (QED) is 0.644. The van der Waals surface area contributed by atoms with Gasteiger partial charge in [0.15, 0.2) is 0 Å². The average molecular weight is 333 g/mol. The number of carbonyl (C=O) groups excluding carboxylic acids is 1. The van der Waals surface area contributed by atoms with E-state index in [9.17, 15) is 4.79 Å². The molecule has 1 aromatic carbocycles. The van der Waals surface area contributed by atoms with Crippen LogP contribution in [-0.4, -0.2) is 29.3 Å². The van der Waals surface area contributed by atoms with Gasteiger partial charge in [-0.3, -0.25) is 4.79 Å². The minimum atomic E-state index is 0.0954. The molecule has 126 valence electrons. The molecule has 2 fully saturated rings. The van der Waals surface area contributed by atoms with E-state index in [-0.39, 0.29) is 5.91 Å². The van der Waals surface area contributed by atoms with Crippen LogP contribution in [0.2, 0.25) is 0 Å². The van der Waals surface area contributed by atoms with Gasteiger partial charge in [-0.25, -0.2) is 4.31 Å². The summed E-state index contributed by atoms with van der Waals surface area (Å²) in [6.45, 7) is 2.31. The Morgan fingerprint density at radius 3 is 2.43 bits per heavy atom. The van der Waals surface area contributed by atoms with Crippen molar-refractivity contribution in [1.82, 2.24) is 9.62 Å². The molecule has 3 nitrogen and oxygen atoms in total. The van der Waals surface area contributed by atoms with Gasteiger partial charge in [-0.2, -0.15) is 0 Å². The molecule has 4 heteroatoms. The van der Waals surface area contributed by atoms with Crippen LogP contribution in [0.25, 0.3) is 0 Å². The van der Waals surface area contributed by atoms with Gasteiger partial charge in [0.2, 0.25) is 0 Å². The molecule has 1 saturated carbocycles. The summed E-state index contributed by atoms with van der Waals surface area (Å²) >= 11 is 1.80. The molecule has 0 bridgehead atoms. The molecule has 0 spiro atoms. The SMILES string of the molecule is O=C(NC1CCCCCC1)c1cccc(SN2CCCCC2)c1. The Morgan fingerprint density at radius 2 is 1.70 bits per heavy atom. The number of nitrogens with one attached hydrogen (secondary N) is 1. The molecule has 1 N–H and O–H groups in total. The summed E-state index contributed by atoms with van der Waals surface area (Å²) in [5.41, 5.74) is 0.802. The Kier molecular flexibility index (Phi) is 6.40. The standard InChI is InChI=1S/C19H28N2OS/c22-19(20-17-10-4-1-2-5-11-17)16-9-8-12-18(15-16)23-21-13-6-3-7-14-21/h8-9,12,15,17H,1-7,10-11,13-14H2,(H,20,22). The summed E-state index contributed by atoms with van der Waals surface area (Å²) < 4.78 is 2.42. The Bertz CT molecular complexity index is 506. The Hall–Kier alpha value is -1.00. The Morgan fingerprint density at radius 1 is 1.00 bits per heavy atom. The third-order valence-electron chi connectivity index (χ3n) is 4.84. The van der Waals surface area contributed by atoms with Gasteiger partial charge in [-0.1, -0.05) is 38.2 Å². The Labute approximate surface area is 144 Å². The number of piperidine rings is 1. The van der Waals surface area contributed by atoms with Crippen LogP contribution in [-0.2, 0) is 0 Å². The van der Waals surface area contributed by atoms with Gasteiger partial charge in [-0.05, 0) is 55.8 Å². The molecule has 3 rings (SSSR count). The number of hydrogen-bond acceptors (Lipinski definition) is 3. The predicted octanol–water partition coefficient (Wildman–Crippen LogP) is 4.63. The van der Waals surface area contributed by atoms with Crippen molar-refractivity contribution in [3.05, 3.63) is 29.8 Å². The normalized spacial score (nSPS) is 20.9. The van der Waals surface area contributed by atoms with E-state index in [0.29, 0.717) is 6.04 Å². The van der Waals surface area contributed by atoms with Crippen molar-refractivity contribution < 1.29 is 4.79 Å². The maximum atomic E-state index is 12.5. The first kappa shape index (κ1) is 16.8. The number of benzene rings is 1. The highest BCUT2D eigenvalue weighted by molar-refractivity contribution is 7.97. The fourth-order valence-corrected chi connectivity index (χ4v) is 4.55. The van der Waals surface area contributed by atoms with E-state index in [1.165, 1.54) is 49.8 Å². The molecule has 0 atom stereocenters. The minimum absolute atomic E-state index is 0.0954. The van der Waals surface area contributed by atoms with Crippen LogP contribution >= 0.6 is 11.9 Å². The molecular weight excluding hydrogens is 304 g/mol. The molecule has 0 radical (unpaired) electrons. The molecule has 2 aliphatic rings. The zero-order valence-electron chi connectivity index (χ0n) is 13.9. The van der Waals surface area contributed by atoms with E-state index >= 15 is 0 Å². The topological polar surface area (TPSA) is 32.3 Å². The summed E-state index contributed by atoms with van der Waals surface area (Å²) in [4.78, 5) is 13.7. The predicted molar refractivity (Wildman–Crippen MR) is 96.7 cm³/mol. The summed E-state index contributed by atoms with van der Waals surface area (Å²) in [6, 6.07) is 8.47. The maximum Gasteiger partial charge on any atom is 0.251 e. The van der Waals surface area contributed by atoms with Gasteiger partial charge in [0.1, 0.15) is 0 Å². The van der Waals surface area contributed by atoms with Crippen LogP contribution in [0.1, 0.15) is 68.1 Å². The van der Waals surface area contributed by atoms with E-state index in [0.717, 1.165) is 31.5 Å². The van der Waals surface area contributed by atoms with E-state index in [1.54, 1.807) is 11.9 Å². The summed E-state index contributed by atoms with van der Waals surface area (Å²) in [6.07, 6.45) is 11.3. The lowest BCUT2D eigenvalue weighted by Crippen LogP contribution is -2.34. The lowest BCUT2D eigenvalue weighted by Gasteiger charge is -2.25. The molecule has 1 heterocycles. The van der Waals surface area contributed by atoms with Crippen LogP contribution in [0.15, 0.2) is 29.2 Å². The highest BCUT2D eigenvalue weighted by Crippen LogP contribution is 2.27. The monoisotopic (exact) mass is 332 g/mol. The fraction of sp³-hybridized carbons (Fsp3) is 0.632. The number of nitrogens with zero attached hydrogens (tertiary/aromatic N) is 1. The molecule has 1 amide bonds. The highest BCUT2D eigenvalue weighted by Gasteiger charge is 2.17. The van der Waals surface area contributed by atoms with Crippen molar-refractivity contribution in [3.63, 3.8) is 0 Å². The van der Waals surface area contributed by atoms with Crippen molar-refractivity contribution in [2.24, 2.45) is 0 Å². The number of rotatable bonds is 4. The average Bonchev–Trinajstić information content (AvgIpc) is 2.85. The van der Waals surface area contributed by atoms with Crippen molar-refractivity contribution >= 4 is 17.9 Å². The zero-order chi connectivity index (χ0) is 15.9. The van der Waals surface area contributed by atoms with E-state index in [4.69, 9.17) is 0 Å². The molecular formula is C19H28N2OS. The molecule has 1 aliphatic carbocycles. The first-order valence-corrected chi connectivity index (χ1v) is 9.92. The lowest BCUT2D eigenvalue weighted by atomic mass is 10.1. The summed E-state index contributed by atoms with van der Waals surface area (Å²) in [5, 5.41) is 3.24. The zero-order valence-corrected chi connectivity index (χ0v) is 14.7. The van der Waals surface area contributed by atoms with Crippen LogP contribution < -0.4 is 5.32 Å². The third-order valence-corrected chi connectivity index (χ3v) is 5.92. The van der Waals surface area contributed by atoms with Gasteiger partial charge in [0.25, 0.3) is 5.91 Å². The second kappa shape index (κ2) is 8.74. The van der Waals surface area contributed by atoms with Gasteiger partial charge in [0, 0.05) is 29.6 Å². The minimum Gasteiger partial charge on any atom is -0.349 e. The second-order valence-electron chi connectivity index (χ2n) is 6.77. The second-order valence-corrected chi connectivity index (χ2v) is 7.94. The maximum absolute atomic E-state index is 12.5. The van der Waals surface area contributed by atoms with Crippen molar-refractivity contribution in [1.29, 1.82) is 0 Å². The number of amides is 1. The fourth-order valence-electron chi connectivity index (χ4n) is 3.49. The highest BCUT2D eigenvalue weighted by atomic mass is 32.2. The van der Waals surface area contributed by atoms with Crippen molar-refractivity contribution in [2.45, 2.75) is 68.7 Å². The lowest BCUT2D eigenvalue weighted by molar-refractivity contribution is 0.0933. The largest absolute Gasteiger partial charge is 0.349 e. The van der Waals surface area contributed by atoms with E-state index < -0.39 is 0 Å². The number of hydrogen-bond donors (Lipinski definition) is 1. The number of carbonyl (C=O) groups is 1. The molecule has 0 aromatic heterocycles. The van der Waals surface area contributed by atoms with Gasteiger partial charge in [-0.15, -0.1) is 0 Å². The van der Waals surface area contributed by atoms with E-state index in [1.807, 2.05) is 18.2 Å². The third kappa shape index (κ3) is 5.25. The van der Waals surface area contributed by atoms with Crippen LogP contribution in [0, 0.1) is 0 Å². The summed E-state index contributed by atoms with van der Waals surface area (Å²) in [7, 11) is 0. The molecule has 1 aromatic rings. The van der Waals surface area contributed by atoms with Gasteiger partial charge in [0.05, 0.1) is 0 Å². The van der Waals surface area contributed by atoms with E-state index in [2.05, 4.69) is 15.7 Å². The van der Waals surface area contributed by atoms with Crippen LogP contribution in [0.3, 0.4) is 0 Å². The summed E-state index contributed by atoms with van der Waals surface area (Å²) in [5.74, 6) is 0.0954. The van der Waals surface area contributed by atoms with Crippen LogP contribution in [0.4, 0.5) is 0 Å². The molecule has 1 aliphatic heterocycles. The van der Waals surface area contributed by atoms with Crippen LogP contribution in [0.5, 0.6) is 0 Å². The smallest absolute Gasteiger partial charge is 0.251 e. The molecule has 0 unspecified atom stereocenters. The van der Waals surface area contributed by atoms with Crippen molar-refractivity contribution in [3.8, 4) is 0 Å². The first-order chi connectivity index (χ1) is 11.3. The molecule has 23 heavy (non-hydrogen) atoms. The van der Waals surface area contributed by atoms with Gasteiger partial charge >= 0.3 is 0 Å². The molecule has 1 saturated heterocycles. The van der Waals surface area contributed by atoms with Gasteiger partial charge < -0.3 is 5.32 Å². The first-order valence-electron chi connectivity index (χ1n) is 9.15. The Balaban J connectivity index is 1.58.